The summed E-state index contributed by atoms with van der Waals surface area (Å²) < 4.78 is 40.8. The number of nitrogens with one attached hydrogen (secondary N) is 1. The van der Waals surface area contributed by atoms with Crippen molar-refractivity contribution >= 4 is 23.6 Å². The number of esters is 1. The molecule has 1 amide bonds. The number of amides is 1. The van der Waals surface area contributed by atoms with E-state index in [2.05, 4.69) is 25.7 Å². The average Bonchev–Trinajstić information content (AvgIpc) is 3.10. The molecule has 0 saturated heterocycles. The predicted molar refractivity (Wildman–Crippen MR) is 199 cm³/mol. The van der Waals surface area contributed by atoms with E-state index in [1.807, 2.05) is 20.8 Å². The number of thioether (sulfide) groups is 1. The number of aliphatic hydroxyl groups is 2. The Kier molecular flexibility index (Phi) is 25.6. The fourth-order valence-corrected chi connectivity index (χ4v) is 4.86. The molecular weight excluding hydrogens is 698 g/mol. The van der Waals surface area contributed by atoms with Gasteiger partial charge in [0.2, 0.25) is 5.91 Å². The first-order valence-corrected chi connectivity index (χ1v) is 18.9. The number of hydrogen-bond donors (Lipinski definition) is 5. The maximum absolute atomic E-state index is 12.2. The van der Waals surface area contributed by atoms with Crippen molar-refractivity contribution < 1.29 is 63.2 Å². The summed E-state index contributed by atoms with van der Waals surface area (Å²) in [4.78, 5) is 24.0. The quantitative estimate of drug-likeness (QED) is 0.0321. The zero-order valence-electron chi connectivity index (χ0n) is 31.6. The molecule has 4 unspecified atom stereocenters. The normalized spacial score (nSPS) is 14.2. The maximum atomic E-state index is 12.2. The number of carbonyl (C=O) groups is 2. The molecule has 0 aliphatic heterocycles. The predicted octanol–water partition coefficient (Wildman–Crippen LogP) is 3.01. The Balaban J connectivity index is 2.59. The third kappa shape index (κ3) is 25.5. The van der Waals surface area contributed by atoms with Crippen molar-refractivity contribution in [3.63, 3.8) is 0 Å². The zero-order valence-corrected chi connectivity index (χ0v) is 32.4. The van der Waals surface area contributed by atoms with Crippen LogP contribution in [0.1, 0.15) is 53.0 Å². The molecule has 1 aromatic carbocycles. The molecule has 0 aromatic heterocycles. The minimum absolute atomic E-state index is 0.0168. The number of ether oxygens (including phenoxy) is 7. The summed E-state index contributed by atoms with van der Waals surface area (Å²) in [5.74, 6) is 0.648. The monoisotopic (exact) mass is 761 g/mol. The molecule has 5 N–H and O–H groups in total. The van der Waals surface area contributed by atoms with Crippen molar-refractivity contribution in [2.45, 2.75) is 83.9 Å². The standard InChI is InChI=1S/C37H63NO13S/c1-7-36(44)50-25-32(24-48-31(26-51-37(4,5)6)22-45-14-11-27(2)3)49-23-30(47-20-29(40)19-39)21-46-15-17-52-16-12-35(43)38-13-10-28-8-9-33(41)34(42)18-28/h7-9,18,27,29-32,39-42H,1,10-17,19-26H2,2-6H3,(H,38,43). The van der Waals surface area contributed by atoms with Crippen molar-refractivity contribution in [1.29, 1.82) is 0 Å². The average molecular weight is 762 g/mol. The number of aromatic hydroxyl groups is 2. The number of hydrogen-bond acceptors (Lipinski definition) is 14. The summed E-state index contributed by atoms with van der Waals surface area (Å²) in [5, 5.41) is 41.0. The fraction of sp³-hybridized carbons (Fsp3) is 0.730. The van der Waals surface area contributed by atoms with Gasteiger partial charge in [0.25, 0.3) is 0 Å². The molecule has 0 radical (unpaired) electrons. The molecular formula is C37H63NO13S. The van der Waals surface area contributed by atoms with E-state index >= 15 is 0 Å². The van der Waals surface area contributed by atoms with Crippen LogP contribution in [0.5, 0.6) is 11.5 Å². The van der Waals surface area contributed by atoms with Gasteiger partial charge < -0.3 is 58.9 Å². The van der Waals surface area contributed by atoms with Gasteiger partial charge in [-0.15, -0.1) is 0 Å². The Morgan fingerprint density at radius 1 is 0.885 bits per heavy atom. The molecule has 0 spiro atoms. The Labute approximate surface area is 313 Å². The third-order valence-electron chi connectivity index (χ3n) is 7.12. The van der Waals surface area contributed by atoms with Crippen LogP contribution in [0.2, 0.25) is 0 Å². The van der Waals surface area contributed by atoms with E-state index in [4.69, 9.17) is 33.2 Å². The summed E-state index contributed by atoms with van der Waals surface area (Å²) in [7, 11) is 0. The van der Waals surface area contributed by atoms with Crippen molar-refractivity contribution in [2.75, 3.05) is 84.1 Å². The number of rotatable bonds is 31. The lowest BCUT2D eigenvalue weighted by atomic mass is 10.1. The van der Waals surface area contributed by atoms with Crippen molar-refractivity contribution in [2.24, 2.45) is 5.92 Å². The van der Waals surface area contributed by atoms with Crippen molar-refractivity contribution in [3.8, 4) is 11.5 Å². The van der Waals surface area contributed by atoms with E-state index < -0.39 is 37.0 Å². The summed E-state index contributed by atoms with van der Waals surface area (Å²) in [6, 6.07) is 4.57. The first-order chi connectivity index (χ1) is 24.7. The number of carbonyl (C=O) groups excluding carboxylic acids is 2. The minimum atomic E-state index is -1.08. The number of phenolic OH excluding ortho intramolecular Hbond substituents is 2. The molecule has 1 aromatic rings. The number of phenols is 2. The Morgan fingerprint density at radius 2 is 1.52 bits per heavy atom. The second-order valence-corrected chi connectivity index (χ2v) is 14.8. The maximum Gasteiger partial charge on any atom is 0.330 e. The fourth-order valence-electron chi connectivity index (χ4n) is 4.09. The zero-order chi connectivity index (χ0) is 38.8. The molecule has 0 bridgehead atoms. The Morgan fingerprint density at radius 3 is 2.13 bits per heavy atom. The minimum Gasteiger partial charge on any atom is -0.504 e. The lowest BCUT2D eigenvalue weighted by Crippen LogP contribution is -2.38. The van der Waals surface area contributed by atoms with E-state index in [0.29, 0.717) is 63.2 Å². The van der Waals surface area contributed by atoms with Gasteiger partial charge in [0.15, 0.2) is 11.5 Å². The van der Waals surface area contributed by atoms with Gasteiger partial charge in [-0.1, -0.05) is 26.5 Å². The van der Waals surface area contributed by atoms with Crippen molar-refractivity contribution in [3.05, 3.63) is 36.4 Å². The van der Waals surface area contributed by atoms with E-state index in [0.717, 1.165) is 18.1 Å². The Bertz CT molecular complexity index is 1120. The SMILES string of the molecule is C=CC(=O)OCC(COC(COCCC(C)C)COC(C)(C)C)OCC(COCCSCCC(=O)NCCc1ccc(O)c(O)c1)OCC(O)CO. The molecule has 0 aliphatic rings. The highest BCUT2D eigenvalue weighted by molar-refractivity contribution is 7.99. The topological polar surface area (TPSA) is 192 Å². The van der Waals surface area contributed by atoms with E-state index in [9.17, 15) is 30.0 Å². The van der Waals surface area contributed by atoms with Gasteiger partial charge in [-0.25, -0.2) is 4.79 Å². The van der Waals surface area contributed by atoms with Crippen LogP contribution in [0.25, 0.3) is 0 Å². The van der Waals surface area contributed by atoms with Gasteiger partial charge in [-0.3, -0.25) is 4.79 Å². The lowest BCUT2D eigenvalue weighted by Gasteiger charge is -2.27. The molecule has 15 heteroatoms. The lowest BCUT2D eigenvalue weighted by molar-refractivity contribution is -0.156. The highest BCUT2D eigenvalue weighted by Crippen LogP contribution is 2.24. The largest absolute Gasteiger partial charge is 0.504 e. The molecule has 0 fully saturated rings. The summed E-state index contributed by atoms with van der Waals surface area (Å²) in [6.45, 7) is 15.0. The summed E-state index contributed by atoms with van der Waals surface area (Å²) in [5.41, 5.74) is 0.420. The molecule has 0 heterocycles. The summed E-state index contributed by atoms with van der Waals surface area (Å²) >= 11 is 1.56. The van der Waals surface area contributed by atoms with Crippen LogP contribution in [0.3, 0.4) is 0 Å². The number of aliphatic hydroxyl groups excluding tert-OH is 2. The van der Waals surface area contributed by atoms with Gasteiger partial charge in [0.05, 0.1) is 58.5 Å². The first kappa shape index (κ1) is 47.6. The van der Waals surface area contributed by atoms with E-state index in [1.54, 1.807) is 17.8 Å². The third-order valence-corrected chi connectivity index (χ3v) is 8.07. The van der Waals surface area contributed by atoms with Gasteiger partial charge in [0.1, 0.15) is 31.0 Å². The van der Waals surface area contributed by atoms with Gasteiger partial charge >= 0.3 is 5.97 Å². The highest BCUT2D eigenvalue weighted by Gasteiger charge is 2.22. The molecule has 1 rings (SSSR count). The van der Waals surface area contributed by atoms with Crippen LogP contribution < -0.4 is 5.32 Å². The Hall–Kier alpha value is -2.47. The summed E-state index contributed by atoms with van der Waals surface area (Å²) in [6.07, 6.45) is 0.0570. The smallest absolute Gasteiger partial charge is 0.330 e. The molecule has 0 saturated carbocycles. The van der Waals surface area contributed by atoms with Crippen LogP contribution >= 0.6 is 11.8 Å². The molecule has 300 valence electrons. The highest BCUT2D eigenvalue weighted by atomic mass is 32.2. The van der Waals surface area contributed by atoms with E-state index in [1.165, 1.54) is 12.1 Å². The molecule has 4 atom stereocenters. The van der Waals surface area contributed by atoms with Crippen LogP contribution in [0.15, 0.2) is 30.9 Å². The van der Waals surface area contributed by atoms with Crippen LogP contribution in [-0.4, -0.2) is 146 Å². The molecule has 14 nitrogen and oxygen atoms in total. The van der Waals surface area contributed by atoms with Gasteiger partial charge in [-0.05, 0) is 57.2 Å². The van der Waals surface area contributed by atoms with Gasteiger partial charge in [0, 0.05) is 37.2 Å². The molecule has 52 heavy (non-hydrogen) atoms. The molecule has 0 aliphatic carbocycles. The first-order valence-electron chi connectivity index (χ1n) is 17.8. The second-order valence-electron chi connectivity index (χ2n) is 13.6. The van der Waals surface area contributed by atoms with Crippen LogP contribution in [0, 0.1) is 5.92 Å². The van der Waals surface area contributed by atoms with Crippen LogP contribution in [0.4, 0.5) is 0 Å². The van der Waals surface area contributed by atoms with Gasteiger partial charge in [-0.2, -0.15) is 11.8 Å². The second kappa shape index (κ2) is 28.0. The number of benzene rings is 1. The van der Waals surface area contributed by atoms with E-state index in [-0.39, 0.29) is 56.0 Å². The van der Waals surface area contributed by atoms with Crippen LogP contribution in [-0.2, 0) is 49.2 Å². The van der Waals surface area contributed by atoms with Crippen molar-refractivity contribution in [1.82, 2.24) is 5.32 Å².